The number of rotatable bonds is 5. The summed E-state index contributed by atoms with van der Waals surface area (Å²) in [5.74, 6) is 2.64. The van der Waals surface area contributed by atoms with Crippen LogP contribution in [0.2, 0.25) is 0 Å². The van der Waals surface area contributed by atoms with E-state index in [4.69, 9.17) is 0 Å². The first-order valence-corrected chi connectivity index (χ1v) is 9.12. The number of halogens is 1. The van der Waals surface area contributed by atoms with Crippen molar-refractivity contribution in [3.8, 4) is 0 Å². The number of carbonyl (C=O) groups excluding carboxylic acids is 1. The van der Waals surface area contributed by atoms with Gasteiger partial charge in [0.25, 0.3) is 0 Å². The number of amides is 1. The second-order valence-corrected chi connectivity index (χ2v) is 8.29. The molecular weight excluding hydrogens is 289 g/mol. The lowest BCUT2D eigenvalue weighted by molar-refractivity contribution is -0.129. The molecule has 1 N–H and O–H groups in total. The molecule has 0 radical (unpaired) electrons. The van der Waals surface area contributed by atoms with Crippen molar-refractivity contribution in [2.75, 3.05) is 6.54 Å². The molecule has 4 aliphatic carbocycles. The molecule has 2 nitrogen and oxygen atoms in total. The number of nitrogens with one attached hydrogen (secondary N) is 1. The lowest BCUT2D eigenvalue weighted by Gasteiger charge is -2.56. The summed E-state index contributed by atoms with van der Waals surface area (Å²) in [5, 5.41) is 3.03. The lowest BCUT2D eigenvalue weighted by Crippen LogP contribution is -2.48. The van der Waals surface area contributed by atoms with E-state index in [1.807, 2.05) is 6.07 Å². The van der Waals surface area contributed by atoms with Crippen LogP contribution in [-0.4, -0.2) is 12.5 Å². The van der Waals surface area contributed by atoms with E-state index < -0.39 is 0 Å². The molecule has 0 spiro atoms. The molecule has 124 valence electrons. The second kappa shape index (κ2) is 5.92. The molecule has 1 aromatic carbocycles. The fraction of sp³-hybridized carbons (Fsp3) is 0.650. The first-order chi connectivity index (χ1) is 11.1. The average Bonchev–Trinajstić information content (AvgIpc) is 2.47. The molecule has 5 rings (SSSR count). The van der Waals surface area contributed by atoms with Gasteiger partial charge in [0.2, 0.25) is 5.91 Å². The molecule has 1 amide bonds. The zero-order chi connectivity index (χ0) is 15.9. The summed E-state index contributed by atoms with van der Waals surface area (Å²) in [4.78, 5) is 12.4. The lowest BCUT2D eigenvalue weighted by atomic mass is 9.49. The Morgan fingerprint density at radius 3 is 2.30 bits per heavy atom. The summed E-state index contributed by atoms with van der Waals surface area (Å²) >= 11 is 0. The van der Waals surface area contributed by atoms with Gasteiger partial charge in [-0.25, -0.2) is 4.39 Å². The molecule has 4 aliphatic rings. The molecule has 4 bridgehead atoms. The molecule has 1 aromatic rings. The minimum absolute atomic E-state index is 0.170. The maximum Gasteiger partial charge on any atom is 0.220 e. The van der Waals surface area contributed by atoms with E-state index >= 15 is 0 Å². The minimum atomic E-state index is -0.178. The van der Waals surface area contributed by atoms with Crippen LogP contribution in [0.3, 0.4) is 0 Å². The number of carbonyl (C=O) groups is 1. The highest BCUT2D eigenvalue weighted by Gasteiger charge is 2.51. The Kier molecular flexibility index (Phi) is 3.90. The number of benzene rings is 1. The van der Waals surface area contributed by atoms with Crippen LogP contribution >= 0.6 is 0 Å². The summed E-state index contributed by atoms with van der Waals surface area (Å²) < 4.78 is 13.6. The fourth-order valence-electron chi connectivity index (χ4n) is 5.95. The zero-order valence-electron chi connectivity index (χ0n) is 13.7. The van der Waals surface area contributed by atoms with E-state index in [-0.39, 0.29) is 17.1 Å². The van der Waals surface area contributed by atoms with Crippen molar-refractivity contribution in [2.45, 2.75) is 51.4 Å². The normalized spacial score (nSPS) is 34.6. The molecule has 0 saturated heterocycles. The fourth-order valence-corrected chi connectivity index (χ4v) is 5.95. The van der Waals surface area contributed by atoms with Crippen LogP contribution in [-0.2, 0) is 11.2 Å². The van der Waals surface area contributed by atoms with Gasteiger partial charge in [-0.05, 0) is 79.7 Å². The third-order valence-electron chi connectivity index (χ3n) is 6.37. The number of hydrogen-bond acceptors (Lipinski definition) is 1. The van der Waals surface area contributed by atoms with Gasteiger partial charge in [-0.15, -0.1) is 0 Å². The van der Waals surface area contributed by atoms with Gasteiger partial charge in [-0.1, -0.05) is 18.2 Å². The van der Waals surface area contributed by atoms with Crippen molar-refractivity contribution in [2.24, 2.45) is 23.2 Å². The maximum absolute atomic E-state index is 13.6. The molecular formula is C20H26FNO. The molecule has 4 saturated carbocycles. The summed E-state index contributed by atoms with van der Waals surface area (Å²) in [6, 6.07) is 6.81. The van der Waals surface area contributed by atoms with Gasteiger partial charge in [0, 0.05) is 13.0 Å². The van der Waals surface area contributed by atoms with Crippen molar-refractivity contribution in [3.05, 3.63) is 35.6 Å². The van der Waals surface area contributed by atoms with Crippen LogP contribution in [0, 0.1) is 29.0 Å². The summed E-state index contributed by atoms with van der Waals surface area (Å²) in [7, 11) is 0. The van der Waals surface area contributed by atoms with Crippen LogP contribution in [0.15, 0.2) is 24.3 Å². The number of hydrogen-bond donors (Lipinski definition) is 1. The van der Waals surface area contributed by atoms with Gasteiger partial charge in [0.05, 0.1) is 0 Å². The van der Waals surface area contributed by atoms with Crippen LogP contribution in [0.5, 0.6) is 0 Å². The summed E-state index contributed by atoms with van der Waals surface area (Å²) in [6.45, 7) is 0.534. The SMILES string of the molecule is O=C(CC12CC3CC(CC(C3)C1)C2)NCCc1ccccc1F. The van der Waals surface area contributed by atoms with Crippen molar-refractivity contribution in [1.29, 1.82) is 0 Å². The Morgan fingerprint density at radius 2 is 1.70 bits per heavy atom. The second-order valence-electron chi connectivity index (χ2n) is 8.29. The van der Waals surface area contributed by atoms with Crippen molar-refractivity contribution >= 4 is 5.91 Å². The first kappa shape index (κ1) is 15.2. The monoisotopic (exact) mass is 315 g/mol. The summed E-state index contributed by atoms with van der Waals surface area (Å²) in [5.41, 5.74) is 0.971. The van der Waals surface area contributed by atoms with Crippen molar-refractivity contribution < 1.29 is 9.18 Å². The predicted molar refractivity (Wildman–Crippen MR) is 88.3 cm³/mol. The Balaban J connectivity index is 1.30. The summed E-state index contributed by atoms with van der Waals surface area (Å²) in [6.07, 6.45) is 9.28. The molecule has 0 aromatic heterocycles. The van der Waals surface area contributed by atoms with E-state index in [1.54, 1.807) is 12.1 Å². The standard InChI is InChI=1S/C20H26FNO/c21-18-4-2-1-3-17(18)5-6-22-19(23)13-20-10-14-7-15(11-20)9-16(8-14)12-20/h1-4,14-16H,5-13H2,(H,22,23). The maximum atomic E-state index is 13.6. The topological polar surface area (TPSA) is 29.1 Å². The first-order valence-electron chi connectivity index (χ1n) is 9.12. The zero-order valence-corrected chi connectivity index (χ0v) is 13.7. The molecule has 0 aliphatic heterocycles. The van der Waals surface area contributed by atoms with E-state index in [2.05, 4.69) is 5.32 Å². The Morgan fingerprint density at radius 1 is 1.09 bits per heavy atom. The van der Waals surface area contributed by atoms with E-state index in [1.165, 1.54) is 44.6 Å². The molecule has 0 atom stereocenters. The minimum Gasteiger partial charge on any atom is -0.356 e. The molecule has 0 heterocycles. The van der Waals surface area contributed by atoms with Crippen LogP contribution in [0.4, 0.5) is 4.39 Å². The van der Waals surface area contributed by atoms with Gasteiger partial charge in [-0.2, -0.15) is 0 Å². The highest BCUT2D eigenvalue weighted by molar-refractivity contribution is 5.76. The van der Waals surface area contributed by atoms with Crippen LogP contribution < -0.4 is 5.32 Å². The Bertz CT molecular complexity index is 562. The largest absolute Gasteiger partial charge is 0.356 e. The third kappa shape index (κ3) is 3.15. The van der Waals surface area contributed by atoms with Crippen molar-refractivity contribution in [3.63, 3.8) is 0 Å². The third-order valence-corrected chi connectivity index (χ3v) is 6.37. The van der Waals surface area contributed by atoms with Gasteiger partial charge < -0.3 is 5.32 Å². The molecule has 4 fully saturated rings. The van der Waals surface area contributed by atoms with E-state index in [0.717, 1.165) is 17.8 Å². The van der Waals surface area contributed by atoms with Crippen LogP contribution in [0.25, 0.3) is 0 Å². The van der Waals surface area contributed by atoms with Crippen LogP contribution in [0.1, 0.15) is 50.5 Å². The van der Waals surface area contributed by atoms with Gasteiger partial charge in [0.15, 0.2) is 0 Å². The molecule has 3 heteroatoms. The molecule has 0 unspecified atom stereocenters. The molecule has 23 heavy (non-hydrogen) atoms. The smallest absolute Gasteiger partial charge is 0.220 e. The quantitative estimate of drug-likeness (QED) is 0.871. The van der Waals surface area contributed by atoms with Gasteiger partial charge >= 0.3 is 0 Å². The van der Waals surface area contributed by atoms with Crippen molar-refractivity contribution in [1.82, 2.24) is 5.32 Å². The van der Waals surface area contributed by atoms with E-state index in [9.17, 15) is 9.18 Å². The highest BCUT2D eigenvalue weighted by Crippen LogP contribution is 2.61. The van der Waals surface area contributed by atoms with Gasteiger partial charge in [-0.3, -0.25) is 4.79 Å². The predicted octanol–water partition coefficient (Wildman–Crippen LogP) is 4.09. The highest BCUT2D eigenvalue weighted by atomic mass is 19.1. The van der Waals surface area contributed by atoms with E-state index in [0.29, 0.717) is 24.9 Å². The Hall–Kier alpha value is -1.38. The average molecular weight is 315 g/mol. The Labute approximate surface area is 137 Å². The van der Waals surface area contributed by atoms with Gasteiger partial charge in [0.1, 0.15) is 5.82 Å².